The number of hydrogen-bond acceptors (Lipinski definition) is 4. The van der Waals surface area contributed by atoms with E-state index >= 15 is 0 Å². The predicted molar refractivity (Wildman–Crippen MR) is 123 cm³/mol. The van der Waals surface area contributed by atoms with Gasteiger partial charge in [0.1, 0.15) is 13.7 Å². The third-order valence-electron chi connectivity index (χ3n) is 4.87. The minimum Gasteiger partial charge on any atom is -0.422 e. The Morgan fingerprint density at radius 1 is 1.00 bits per heavy atom. The molecule has 4 aromatic rings. The largest absolute Gasteiger partial charge is 0.422 e. The first-order valence-corrected chi connectivity index (χ1v) is 13.3. The van der Waals surface area contributed by atoms with E-state index in [9.17, 15) is 4.79 Å². The molecule has 0 spiro atoms. The molecule has 2 aromatic carbocycles. The van der Waals surface area contributed by atoms with Crippen molar-refractivity contribution in [3.63, 3.8) is 0 Å². The average molecular weight is 414 g/mol. The fourth-order valence-electron chi connectivity index (χ4n) is 3.08. The van der Waals surface area contributed by atoms with Gasteiger partial charge in [-0.3, -0.25) is 0 Å². The highest BCUT2D eigenvalue weighted by Gasteiger charge is 2.12. The van der Waals surface area contributed by atoms with E-state index in [-0.39, 0.29) is 5.63 Å². The van der Waals surface area contributed by atoms with Gasteiger partial charge in [0.25, 0.3) is 0 Å². The maximum atomic E-state index is 12.7. The molecule has 0 saturated carbocycles. The van der Waals surface area contributed by atoms with Crippen molar-refractivity contribution in [2.24, 2.45) is 0 Å². The lowest BCUT2D eigenvalue weighted by molar-refractivity contribution is 0.563. The van der Waals surface area contributed by atoms with Gasteiger partial charge in [-0.2, -0.15) is 0 Å². The van der Waals surface area contributed by atoms with Gasteiger partial charge >= 0.3 is 5.63 Å². The van der Waals surface area contributed by atoms with Crippen molar-refractivity contribution in [2.75, 3.05) is 0 Å². The van der Waals surface area contributed by atoms with Gasteiger partial charge in [0.15, 0.2) is 0 Å². The summed E-state index contributed by atoms with van der Waals surface area (Å²) in [5.41, 5.74) is 8.43. The molecule has 6 heteroatoms. The number of fused-ring (bicyclic) bond motifs is 1. The molecule has 0 fully saturated rings. The number of hydrogen-bond donors (Lipinski definition) is 0. The summed E-state index contributed by atoms with van der Waals surface area (Å²) in [7, 11) is -1.42. The molecule has 0 aliphatic rings. The number of benzene rings is 2. The molecule has 0 radical (unpaired) electrons. The quantitative estimate of drug-likeness (QED) is 0.267. The van der Waals surface area contributed by atoms with Crippen LogP contribution in [0.5, 0.6) is 0 Å². The molecule has 30 heavy (non-hydrogen) atoms. The van der Waals surface area contributed by atoms with Gasteiger partial charge in [-0.1, -0.05) is 42.9 Å². The molecule has 2 aromatic heterocycles. The van der Waals surface area contributed by atoms with E-state index in [1.807, 2.05) is 62.4 Å². The van der Waals surface area contributed by atoms with Gasteiger partial charge in [0, 0.05) is 17.0 Å². The molecule has 4 rings (SSSR count). The van der Waals surface area contributed by atoms with Crippen molar-refractivity contribution in [2.45, 2.75) is 33.5 Å². The van der Waals surface area contributed by atoms with Crippen LogP contribution in [-0.4, -0.2) is 23.1 Å². The van der Waals surface area contributed by atoms with Crippen LogP contribution in [-0.2, 0) is 0 Å². The van der Waals surface area contributed by atoms with Gasteiger partial charge in [-0.05, 0) is 49.7 Å². The summed E-state index contributed by atoms with van der Waals surface area (Å²) in [6.07, 6.45) is 0. The first-order chi connectivity index (χ1) is 14.2. The molecule has 0 bridgehead atoms. The Morgan fingerprint density at radius 3 is 2.37 bits per heavy atom. The van der Waals surface area contributed by atoms with Gasteiger partial charge in [-0.15, -0.1) is 10.6 Å². The molecular formula is C24H23N3O2Si. The molecule has 5 nitrogen and oxygen atoms in total. The minimum atomic E-state index is -1.42. The Bertz CT molecular complexity index is 1360. The molecule has 0 aliphatic carbocycles. The van der Waals surface area contributed by atoms with E-state index in [1.165, 1.54) is 0 Å². The Morgan fingerprint density at radius 2 is 1.73 bits per heavy atom. The second-order valence-corrected chi connectivity index (χ2v) is 13.2. The summed E-state index contributed by atoms with van der Waals surface area (Å²) < 4.78 is 7.38. The van der Waals surface area contributed by atoms with Gasteiger partial charge in [-0.25, -0.2) is 9.48 Å². The smallest absolute Gasteiger partial charge is 0.344 e. The summed E-state index contributed by atoms with van der Waals surface area (Å²) in [6, 6.07) is 15.3. The van der Waals surface area contributed by atoms with Crippen LogP contribution in [0.15, 0.2) is 57.7 Å². The highest BCUT2D eigenvalue weighted by Crippen LogP contribution is 2.24. The van der Waals surface area contributed by atoms with Crippen LogP contribution in [0.3, 0.4) is 0 Å². The molecule has 0 amide bonds. The van der Waals surface area contributed by atoms with E-state index in [4.69, 9.17) is 4.42 Å². The molecular weight excluding hydrogens is 390 g/mol. The van der Waals surface area contributed by atoms with Crippen LogP contribution in [0.4, 0.5) is 0 Å². The van der Waals surface area contributed by atoms with Crippen molar-refractivity contribution < 1.29 is 4.42 Å². The lowest BCUT2D eigenvalue weighted by atomic mass is 10.0. The van der Waals surface area contributed by atoms with Gasteiger partial charge in [0.05, 0.1) is 22.6 Å². The molecule has 0 N–H and O–H groups in total. The predicted octanol–water partition coefficient (Wildman–Crippen LogP) is 4.89. The third kappa shape index (κ3) is 3.98. The second-order valence-electron chi connectivity index (χ2n) is 8.42. The zero-order valence-electron chi connectivity index (χ0n) is 17.8. The van der Waals surface area contributed by atoms with Crippen molar-refractivity contribution in [3.8, 4) is 28.3 Å². The Hall–Kier alpha value is -3.43. The molecule has 0 unspecified atom stereocenters. The van der Waals surface area contributed by atoms with Crippen LogP contribution in [0, 0.1) is 25.3 Å². The monoisotopic (exact) mass is 413 g/mol. The summed E-state index contributed by atoms with van der Waals surface area (Å²) in [5, 5.41) is 9.10. The van der Waals surface area contributed by atoms with Crippen molar-refractivity contribution in [1.82, 2.24) is 15.0 Å². The molecule has 0 saturated heterocycles. The summed E-state index contributed by atoms with van der Waals surface area (Å²) in [6.45, 7) is 10.5. The normalized spacial score (nSPS) is 11.4. The van der Waals surface area contributed by atoms with Crippen LogP contribution < -0.4 is 5.63 Å². The summed E-state index contributed by atoms with van der Waals surface area (Å²) in [4.78, 5) is 12.7. The fraction of sp³-hybridized carbons (Fsp3) is 0.208. The van der Waals surface area contributed by atoms with Gasteiger partial charge < -0.3 is 4.42 Å². The second kappa shape index (κ2) is 7.43. The summed E-state index contributed by atoms with van der Waals surface area (Å²) in [5.74, 6) is 3.23. The first-order valence-electron chi connectivity index (χ1n) is 9.82. The molecule has 0 aliphatic heterocycles. The van der Waals surface area contributed by atoms with E-state index < -0.39 is 8.07 Å². The van der Waals surface area contributed by atoms with Crippen LogP contribution in [0.25, 0.3) is 27.8 Å². The van der Waals surface area contributed by atoms with Crippen LogP contribution in [0.1, 0.15) is 17.0 Å². The van der Waals surface area contributed by atoms with Crippen LogP contribution >= 0.6 is 0 Å². The maximum absolute atomic E-state index is 12.7. The lowest BCUT2D eigenvalue weighted by Crippen LogP contribution is -2.16. The fourth-order valence-corrected chi connectivity index (χ4v) is 3.59. The highest BCUT2D eigenvalue weighted by atomic mass is 28.3. The Kier molecular flexibility index (Phi) is 4.92. The Labute approximate surface area is 176 Å². The van der Waals surface area contributed by atoms with Crippen molar-refractivity contribution in [3.05, 3.63) is 75.9 Å². The van der Waals surface area contributed by atoms with E-state index in [2.05, 4.69) is 41.4 Å². The third-order valence-corrected chi connectivity index (χ3v) is 5.74. The zero-order valence-corrected chi connectivity index (χ0v) is 18.8. The molecule has 150 valence electrons. The number of aryl methyl sites for hydroxylation is 1. The van der Waals surface area contributed by atoms with E-state index in [0.717, 1.165) is 33.6 Å². The van der Waals surface area contributed by atoms with Crippen LogP contribution in [0.2, 0.25) is 19.6 Å². The number of rotatable bonds is 2. The first kappa shape index (κ1) is 19.9. The summed E-state index contributed by atoms with van der Waals surface area (Å²) >= 11 is 0. The van der Waals surface area contributed by atoms with Crippen molar-refractivity contribution in [1.29, 1.82) is 0 Å². The van der Waals surface area contributed by atoms with E-state index in [0.29, 0.717) is 11.1 Å². The SMILES string of the molecule is Cc1nnn(-c2ccc3cc(-c4ccc(C#C[Si](C)(C)C)cc4)c(=O)oc3c2)c1C. The number of nitrogens with zero attached hydrogens (tertiary/aromatic N) is 3. The lowest BCUT2D eigenvalue weighted by Gasteiger charge is -2.07. The molecule has 0 atom stereocenters. The van der Waals surface area contributed by atoms with Crippen molar-refractivity contribution >= 4 is 19.0 Å². The Balaban J connectivity index is 1.71. The molecule has 2 heterocycles. The van der Waals surface area contributed by atoms with Gasteiger partial charge in [0.2, 0.25) is 0 Å². The number of aromatic nitrogens is 3. The highest BCUT2D eigenvalue weighted by molar-refractivity contribution is 6.83. The average Bonchev–Trinajstić information content (AvgIpc) is 3.04. The topological polar surface area (TPSA) is 60.9 Å². The minimum absolute atomic E-state index is 0.368. The standard InChI is InChI=1S/C24H23N3O2Si/c1-16-17(2)27(26-25-16)21-11-10-20-14-22(24(28)29-23(20)15-21)19-8-6-18(7-9-19)12-13-30(3,4)5/h6-11,14-15H,1-5H3. The van der Waals surface area contributed by atoms with E-state index in [1.54, 1.807) is 4.68 Å². The zero-order chi connectivity index (χ0) is 21.5. The maximum Gasteiger partial charge on any atom is 0.344 e.